The lowest BCUT2D eigenvalue weighted by Crippen LogP contribution is -2.56. The van der Waals surface area contributed by atoms with Crippen molar-refractivity contribution in [1.29, 1.82) is 0 Å². The minimum absolute atomic E-state index is 0.344. The van der Waals surface area contributed by atoms with Crippen molar-refractivity contribution in [2.75, 3.05) is 0 Å². The largest absolute Gasteiger partial charge is 0.480 e. The van der Waals surface area contributed by atoms with E-state index in [9.17, 15) is 14.7 Å². The molecule has 0 aliphatic heterocycles. The molecule has 110 valence electrons. The van der Waals surface area contributed by atoms with Gasteiger partial charge in [0.25, 0.3) is 0 Å². The van der Waals surface area contributed by atoms with E-state index < -0.39 is 17.5 Å². The second-order valence-corrected chi connectivity index (χ2v) is 4.89. The Balaban J connectivity index is 2.58. The van der Waals surface area contributed by atoms with E-state index in [0.717, 1.165) is 11.1 Å². The number of hydrogen-bond acceptors (Lipinski definition) is 2. The van der Waals surface area contributed by atoms with Gasteiger partial charge in [0, 0.05) is 6.54 Å². The average Bonchev–Trinajstić information content (AvgIpc) is 2.44. The molecule has 3 N–H and O–H groups in total. The van der Waals surface area contributed by atoms with E-state index in [4.69, 9.17) is 0 Å². The summed E-state index contributed by atoms with van der Waals surface area (Å²) in [6, 6.07) is 7.33. The zero-order valence-corrected chi connectivity index (χ0v) is 12.2. The first kappa shape index (κ1) is 16.0. The Morgan fingerprint density at radius 1 is 1.15 bits per heavy atom. The number of urea groups is 1. The Kier molecular flexibility index (Phi) is 5.55. The summed E-state index contributed by atoms with van der Waals surface area (Å²) in [7, 11) is 0. The molecule has 0 heterocycles. The van der Waals surface area contributed by atoms with E-state index in [1.165, 1.54) is 0 Å². The average molecular weight is 278 g/mol. The van der Waals surface area contributed by atoms with Gasteiger partial charge in [-0.3, -0.25) is 0 Å². The van der Waals surface area contributed by atoms with Crippen LogP contribution in [0.5, 0.6) is 0 Å². The normalized spacial score (nSPS) is 10.9. The molecule has 0 unspecified atom stereocenters. The van der Waals surface area contributed by atoms with Crippen molar-refractivity contribution in [1.82, 2.24) is 10.6 Å². The molecule has 0 atom stereocenters. The van der Waals surface area contributed by atoms with Crippen molar-refractivity contribution in [2.24, 2.45) is 0 Å². The number of carboxylic acid groups (broad SMARTS) is 1. The van der Waals surface area contributed by atoms with E-state index in [0.29, 0.717) is 19.4 Å². The van der Waals surface area contributed by atoms with Crippen LogP contribution in [-0.4, -0.2) is 22.6 Å². The molecule has 0 aromatic heterocycles. The van der Waals surface area contributed by atoms with Gasteiger partial charge in [-0.15, -0.1) is 0 Å². The van der Waals surface area contributed by atoms with Crippen molar-refractivity contribution in [3.63, 3.8) is 0 Å². The monoisotopic (exact) mass is 278 g/mol. The highest BCUT2D eigenvalue weighted by Gasteiger charge is 2.36. The van der Waals surface area contributed by atoms with Crippen LogP contribution in [0.15, 0.2) is 24.3 Å². The van der Waals surface area contributed by atoms with Crippen LogP contribution in [-0.2, 0) is 11.3 Å². The van der Waals surface area contributed by atoms with Gasteiger partial charge in [0.1, 0.15) is 5.54 Å². The summed E-state index contributed by atoms with van der Waals surface area (Å²) in [5, 5.41) is 14.5. The first-order chi connectivity index (χ1) is 9.43. The van der Waals surface area contributed by atoms with Gasteiger partial charge in [0.05, 0.1) is 0 Å². The summed E-state index contributed by atoms with van der Waals surface area (Å²) in [6.45, 7) is 5.86. The maximum Gasteiger partial charge on any atom is 0.329 e. The summed E-state index contributed by atoms with van der Waals surface area (Å²) in [5.41, 5.74) is 0.928. The molecular formula is C15H22N2O3. The van der Waals surface area contributed by atoms with Gasteiger partial charge in [-0.1, -0.05) is 43.7 Å². The number of rotatable bonds is 6. The van der Waals surface area contributed by atoms with Gasteiger partial charge in [-0.25, -0.2) is 9.59 Å². The number of nitrogens with one attached hydrogen (secondary N) is 2. The molecule has 0 spiro atoms. The topological polar surface area (TPSA) is 78.4 Å². The molecule has 0 saturated heterocycles. The number of carboxylic acids is 1. The fourth-order valence-electron chi connectivity index (χ4n) is 1.93. The maximum absolute atomic E-state index is 11.8. The van der Waals surface area contributed by atoms with Crippen LogP contribution in [0.1, 0.15) is 37.8 Å². The third-order valence-corrected chi connectivity index (χ3v) is 3.54. The first-order valence-electron chi connectivity index (χ1n) is 6.78. The number of aryl methyl sites for hydroxylation is 1. The zero-order chi connectivity index (χ0) is 15.2. The molecule has 0 bridgehead atoms. The van der Waals surface area contributed by atoms with E-state index in [2.05, 4.69) is 10.6 Å². The number of amides is 2. The Bertz CT molecular complexity index is 465. The Hall–Kier alpha value is -2.04. The molecule has 0 aliphatic rings. The summed E-state index contributed by atoms with van der Waals surface area (Å²) in [5.74, 6) is -1.01. The predicted molar refractivity (Wildman–Crippen MR) is 77.5 cm³/mol. The predicted octanol–water partition coefficient (Wildman–Crippen LogP) is 2.44. The number of aliphatic carboxylic acids is 1. The zero-order valence-electron chi connectivity index (χ0n) is 12.2. The summed E-state index contributed by atoms with van der Waals surface area (Å²) < 4.78 is 0. The van der Waals surface area contributed by atoms with E-state index in [1.807, 2.05) is 31.2 Å². The Morgan fingerprint density at radius 3 is 2.15 bits per heavy atom. The third kappa shape index (κ3) is 3.98. The van der Waals surface area contributed by atoms with Crippen LogP contribution < -0.4 is 10.6 Å². The lowest BCUT2D eigenvalue weighted by Gasteiger charge is -2.28. The first-order valence-corrected chi connectivity index (χ1v) is 6.78. The molecule has 1 aromatic carbocycles. The molecule has 0 saturated carbocycles. The molecule has 0 fully saturated rings. The van der Waals surface area contributed by atoms with Gasteiger partial charge < -0.3 is 15.7 Å². The molecule has 2 amide bonds. The van der Waals surface area contributed by atoms with Crippen LogP contribution in [0.25, 0.3) is 0 Å². The molecule has 5 nitrogen and oxygen atoms in total. The van der Waals surface area contributed by atoms with Crippen molar-refractivity contribution < 1.29 is 14.7 Å². The summed E-state index contributed by atoms with van der Waals surface area (Å²) >= 11 is 0. The lowest BCUT2D eigenvalue weighted by atomic mass is 9.93. The number of benzene rings is 1. The quantitative estimate of drug-likeness (QED) is 0.748. The number of carbonyl (C=O) groups is 2. The Labute approximate surface area is 119 Å². The minimum Gasteiger partial charge on any atom is -0.480 e. The van der Waals surface area contributed by atoms with Gasteiger partial charge in [0.15, 0.2) is 0 Å². The Morgan fingerprint density at radius 2 is 1.70 bits per heavy atom. The van der Waals surface area contributed by atoms with E-state index >= 15 is 0 Å². The minimum atomic E-state index is -1.20. The lowest BCUT2D eigenvalue weighted by molar-refractivity contribution is -0.144. The molecule has 1 rings (SSSR count). The number of carbonyl (C=O) groups excluding carboxylic acids is 1. The molecular weight excluding hydrogens is 256 g/mol. The van der Waals surface area contributed by atoms with Crippen LogP contribution in [0.4, 0.5) is 4.79 Å². The van der Waals surface area contributed by atoms with Crippen molar-refractivity contribution in [3.05, 3.63) is 35.4 Å². The highest BCUT2D eigenvalue weighted by atomic mass is 16.4. The third-order valence-electron chi connectivity index (χ3n) is 3.54. The summed E-state index contributed by atoms with van der Waals surface area (Å²) in [4.78, 5) is 23.1. The summed E-state index contributed by atoms with van der Waals surface area (Å²) in [6.07, 6.45) is 0.688. The van der Waals surface area contributed by atoms with Crippen LogP contribution in [0, 0.1) is 6.92 Å². The van der Waals surface area contributed by atoms with Crippen LogP contribution in [0.3, 0.4) is 0 Å². The van der Waals surface area contributed by atoms with Crippen molar-refractivity contribution in [3.8, 4) is 0 Å². The molecule has 5 heteroatoms. The standard InChI is InChI=1S/C15H22N2O3/c1-4-15(5-2,13(18)19)17-14(20)16-10-12-8-6-11(3)7-9-12/h6-9H,4-5,10H2,1-3H3,(H,18,19)(H2,16,17,20). The van der Waals surface area contributed by atoms with Crippen LogP contribution >= 0.6 is 0 Å². The molecule has 1 aromatic rings. The van der Waals surface area contributed by atoms with Gasteiger partial charge in [-0.2, -0.15) is 0 Å². The van der Waals surface area contributed by atoms with Gasteiger partial charge in [0.2, 0.25) is 0 Å². The van der Waals surface area contributed by atoms with Crippen molar-refractivity contribution in [2.45, 2.75) is 45.7 Å². The smallest absolute Gasteiger partial charge is 0.329 e. The molecule has 0 radical (unpaired) electrons. The maximum atomic E-state index is 11.8. The van der Waals surface area contributed by atoms with E-state index in [-0.39, 0.29) is 0 Å². The SMILES string of the molecule is CCC(CC)(NC(=O)NCc1ccc(C)cc1)C(=O)O. The number of hydrogen-bond donors (Lipinski definition) is 3. The van der Waals surface area contributed by atoms with E-state index in [1.54, 1.807) is 13.8 Å². The second kappa shape index (κ2) is 6.93. The van der Waals surface area contributed by atoms with Crippen LogP contribution in [0.2, 0.25) is 0 Å². The highest BCUT2D eigenvalue weighted by Crippen LogP contribution is 2.15. The second-order valence-electron chi connectivity index (χ2n) is 4.89. The molecule has 20 heavy (non-hydrogen) atoms. The van der Waals surface area contributed by atoms with Gasteiger partial charge >= 0.3 is 12.0 Å². The van der Waals surface area contributed by atoms with Crippen molar-refractivity contribution >= 4 is 12.0 Å². The van der Waals surface area contributed by atoms with Gasteiger partial charge in [-0.05, 0) is 25.3 Å². The molecule has 0 aliphatic carbocycles. The fourth-order valence-corrected chi connectivity index (χ4v) is 1.93. The highest BCUT2D eigenvalue weighted by molar-refractivity contribution is 5.86. The fraction of sp³-hybridized carbons (Fsp3) is 0.467.